The summed E-state index contributed by atoms with van der Waals surface area (Å²) in [6.07, 6.45) is 1.14. The van der Waals surface area contributed by atoms with Gasteiger partial charge in [-0.15, -0.1) is 0 Å². The Morgan fingerprint density at radius 2 is 1.90 bits per heavy atom. The first-order valence-corrected chi connectivity index (χ1v) is 5.46. The van der Waals surface area contributed by atoms with E-state index in [1.165, 1.54) is 38.3 Å². The van der Waals surface area contributed by atoms with Crippen LogP contribution in [-0.4, -0.2) is 24.2 Å². The van der Waals surface area contributed by atoms with E-state index in [2.05, 4.69) is 10.1 Å². The summed E-state index contributed by atoms with van der Waals surface area (Å²) in [7, 11) is 1.22. The van der Waals surface area contributed by atoms with Crippen molar-refractivity contribution in [2.75, 3.05) is 7.11 Å². The van der Waals surface area contributed by atoms with Crippen molar-refractivity contribution in [3.8, 4) is 5.75 Å². The summed E-state index contributed by atoms with van der Waals surface area (Å²) in [5.74, 6) is -1.90. The second-order valence-corrected chi connectivity index (χ2v) is 3.84. The number of hydrogen-bond acceptors (Lipinski definition) is 6. The molecule has 0 aliphatic heterocycles. The third-order valence-corrected chi connectivity index (χ3v) is 2.37. The number of carboxylic acids is 1. The van der Waals surface area contributed by atoms with Gasteiger partial charge in [0.25, 0.3) is 0 Å². The third-order valence-electron chi connectivity index (χ3n) is 2.37. The maximum Gasteiger partial charge on any atom is 1.00 e. The van der Waals surface area contributed by atoms with Gasteiger partial charge in [-0.1, -0.05) is 12.1 Å². The number of allylic oxidation sites excluding steroid dienone is 1. The average Bonchev–Trinajstić information content (AvgIpc) is 2.36. The number of ether oxygens (including phenoxy) is 1. The zero-order valence-corrected chi connectivity index (χ0v) is 14.7. The number of benzene rings is 1. The van der Waals surface area contributed by atoms with Crippen LogP contribution < -0.4 is 61.8 Å². The molecule has 0 saturated carbocycles. The first-order chi connectivity index (χ1) is 8.93. The van der Waals surface area contributed by atoms with Crippen molar-refractivity contribution in [2.24, 2.45) is 0 Å². The van der Waals surface area contributed by atoms with Gasteiger partial charge in [0.15, 0.2) is 0 Å². The molecule has 0 saturated heterocycles. The molecule has 7 heteroatoms. The quantitative estimate of drug-likeness (QED) is 0.339. The van der Waals surface area contributed by atoms with Crippen molar-refractivity contribution in [1.82, 2.24) is 5.32 Å². The van der Waals surface area contributed by atoms with Gasteiger partial charge in [-0.25, -0.2) is 4.79 Å². The normalized spacial score (nSPS) is 12.0. The molecule has 0 aliphatic carbocycles. The fraction of sp³-hybridized carbons (Fsp3) is 0.231. The predicted octanol–water partition coefficient (Wildman–Crippen LogP) is -3.15. The summed E-state index contributed by atoms with van der Waals surface area (Å²) in [6, 6.07) is 4.52. The number of nitrogens with one attached hydrogen (secondary N) is 1. The van der Waals surface area contributed by atoms with Crippen LogP contribution in [-0.2, 0) is 14.3 Å². The van der Waals surface area contributed by atoms with Crippen molar-refractivity contribution in [3.63, 3.8) is 0 Å². The van der Waals surface area contributed by atoms with E-state index in [4.69, 9.17) is 5.11 Å². The van der Waals surface area contributed by atoms with Crippen molar-refractivity contribution in [1.29, 1.82) is 0 Å². The molecule has 102 valence electrons. The second kappa shape index (κ2) is 9.14. The Hall–Kier alpha value is -0.864. The SMILES string of the molecule is COC(=O)C=C(C)N[C@@H](C(=O)[O-])c1ccc(O)cc1.[K+]. The van der Waals surface area contributed by atoms with Crippen molar-refractivity contribution in [2.45, 2.75) is 13.0 Å². The van der Waals surface area contributed by atoms with Gasteiger partial charge in [-0.05, 0) is 24.6 Å². The molecule has 0 aromatic heterocycles. The molecule has 1 aromatic carbocycles. The van der Waals surface area contributed by atoms with Crippen LogP contribution in [0.2, 0.25) is 0 Å². The third kappa shape index (κ3) is 6.06. The van der Waals surface area contributed by atoms with Crippen LogP contribution in [0.3, 0.4) is 0 Å². The number of aliphatic carboxylic acids is 1. The molecule has 0 spiro atoms. The minimum atomic E-state index is -1.34. The Morgan fingerprint density at radius 1 is 1.35 bits per heavy atom. The first-order valence-electron chi connectivity index (χ1n) is 5.46. The maximum atomic E-state index is 11.1. The molecule has 1 rings (SSSR count). The molecule has 0 radical (unpaired) electrons. The fourth-order valence-electron chi connectivity index (χ4n) is 1.45. The van der Waals surface area contributed by atoms with Gasteiger partial charge >= 0.3 is 57.4 Å². The van der Waals surface area contributed by atoms with Crippen LogP contribution in [0.5, 0.6) is 5.75 Å². The first kappa shape index (κ1) is 19.1. The summed E-state index contributed by atoms with van der Waals surface area (Å²) in [6.45, 7) is 1.53. The molecule has 0 aliphatic rings. The van der Waals surface area contributed by atoms with Crippen molar-refractivity contribution in [3.05, 3.63) is 41.6 Å². The van der Waals surface area contributed by atoms with Crippen molar-refractivity contribution >= 4 is 11.9 Å². The Balaban J connectivity index is 0.00000361. The summed E-state index contributed by atoms with van der Waals surface area (Å²) in [4.78, 5) is 22.1. The summed E-state index contributed by atoms with van der Waals surface area (Å²) >= 11 is 0. The monoisotopic (exact) mass is 303 g/mol. The molecule has 1 atom stereocenters. The van der Waals surface area contributed by atoms with E-state index in [0.29, 0.717) is 11.3 Å². The van der Waals surface area contributed by atoms with Gasteiger partial charge in [0, 0.05) is 11.8 Å². The summed E-state index contributed by atoms with van der Waals surface area (Å²) < 4.78 is 4.43. The van der Waals surface area contributed by atoms with Crippen LogP contribution in [0.1, 0.15) is 18.5 Å². The molecule has 6 nitrogen and oxygen atoms in total. The molecule has 2 N–H and O–H groups in total. The molecule has 0 unspecified atom stereocenters. The number of rotatable bonds is 5. The number of carbonyl (C=O) groups is 2. The molecule has 20 heavy (non-hydrogen) atoms. The number of aromatic hydroxyl groups is 1. The van der Waals surface area contributed by atoms with Gasteiger partial charge < -0.3 is 25.1 Å². The molecule has 0 fully saturated rings. The van der Waals surface area contributed by atoms with Crippen LogP contribution in [0.15, 0.2) is 36.0 Å². The zero-order chi connectivity index (χ0) is 14.4. The van der Waals surface area contributed by atoms with Gasteiger partial charge in [0.05, 0.1) is 19.1 Å². The number of carbonyl (C=O) groups excluding carboxylic acids is 2. The Kier molecular flexibility index (Phi) is 8.75. The largest absolute Gasteiger partial charge is 1.00 e. The number of phenolic OH excluding ortho intramolecular Hbond substituents is 1. The number of hydrogen-bond donors (Lipinski definition) is 2. The minimum absolute atomic E-state index is 0. The number of carboxylic acid groups (broad SMARTS) is 1. The van der Waals surface area contributed by atoms with Gasteiger partial charge in [0.2, 0.25) is 0 Å². The average molecular weight is 303 g/mol. The van der Waals surface area contributed by atoms with Gasteiger partial charge in [0.1, 0.15) is 5.75 Å². The predicted molar refractivity (Wildman–Crippen MR) is 64.8 cm³/mol. The van der Waals surface area contributed by atoms with E-state index < -0.39 is 18.0 Å². The smallest absolute Gasteiger partial charge is 0.548 e. The molecule has 0 bridgehead atoms. The second-order valence-electron chi connectivity index (χ2n) is 3.84. The number of phenols is 1. The molecular formula is C13H14KNO5. The molecule has 0 heterocycles. The standard InChI is InChI=1S/C13H15NO5.K/c1-8(7-11(16)19-2)14-12(13(17)18)9-3-5-10(15)6-4-9;/h3-7,12,14-15H,1-2H3,(H,17,18);/q;+1/p-1/t12-;/m1./s1. The van der Waals surface area contributed by atoms with Crippen molar-refractivity contribution < 1.29 is 75.9 Å². The Labute approximate surface area is 159 Å². The maximum absolute atomic E-state index is 11.1. The molecule has 1 aromatic rings. The molecular weight excluding hydrogens is 289 g/mol. The van der Waals surface area contributed by atoms with Gasteiger partial charge in [-0.2, -0.15) is 0 Å². The summed E-state index contributed by atoms with van der Waals surface area (Å²) in [5, 5.41) is 22.9. The zero-order valence-electron chi connectivity index (χ0n) is 11.5. The van der Waals surface area contributed by atoms with Crippen LogP contribution in [0, 0.1) is 0 Å². The van der Waals surface area contributed by atoms with E-state index >= 15 is 0 Å². The van der Waals surface area contributed by atoms with E-state index in [-0.39, 0.29) is 57.1 Å². The Morgan fingerprint density at radius 3 is 2.35 bits per heavy atom. The number of methoxy groups -OCH3 is 1. The van der Waals surface area contributed by atoms with Crippen LogP contribution in [0.25, 0.3) is 0 Å². The van der Waals surface area contributed by atoms with Crippen LogP contribution in [0.4, 0.5) is 0 Å². The van der Waals surface area contributed by atoms with Crippen LogP contribution >= 0.6 is 0 Å². The fourth-order valence-corrected chi connectivity index (χ4v) is 1.45. The summed E-state index contributed by atoms with van der Waals surface area (Å²) in [5.41, 5.74) is 0.726. The van der Waals surface area contributed by atoms with E-state index in [1.54, 1.807) is 0 Å². The van der Waals surface area contributed by atoms with E-state index in [0.717, 1.165) is 6.08 Å². The molecule has 0 amide bonds. The van der Waals surface area contributed by atoms with E-state index in [1.807, 2.05) is 0 Å². The topological polar surface area (TPSA) is 98.7 Å². The van der Waals surface area contributed by atoms with Gasteiger partial charge in [-0.3, -0.25) is 0 Å². The number of esters is 1. The van der Waals surface area contributed by atoms with E-state index in [9.17, 15) is 14.7 Å². The Bertz CT molecular complexity index is 498. The minimum Gasteiger partial charge on any atom is -0.548 e.